The van der Waals surface area contributed by atoms with Gasteiger partial charge >= 0.3 is 0 Å². The van der Waals surface area contributed by atoms with Crippen molar-refractivity contribution >= 4 is 12.1 Å². The lowest BCUT2D eigenvalue weighted by Crippen LogP contribution is -2.37. The molecule has 0 fully saturated rings. The average molecular weight is 288 g/mol. The first kappa shape index (κ1) is 13.0. The Hall–Kier alpha value is -2.75. The maximum absolute atomic E-state index is 4.83. The summed E-state index contributed by atoms with van der Waals surface area (Å²) >= 11 is 0. The molecule has 2 aliphatic rings. The smallest absolute Gasteiger partial charge is 0.147 e. The largest absolute Gasteiger partial charge is 0.323 e. The van der Waals surface area contributed by atoms with Crippen molar-refractivity contribution in [2.75, 3.05) is 0 Å². The van der Waals surface area contributed by atoms with Gasteiger partial charge in [-0.3, -0.25) is 15.0 Å². The summed E-state index contributed by atoms with van der Waals surface area (Å²) in [5.74, 6) is 0.901. The zero-order chi connectivity index (χ0) is 14.8. The molecule has 108 valence electrons. The second kappa shape index (κ2) is 5.56. The van der Waals surface area contributed by atoms with Gasteiger partial charge in [0.25, 0.3) is 0 Å². The Balaban J connectivity index is 1.75. The standard InChI is InChI=1S/C18H16N4/c1-2-6-14(7-3-1)17-12-16(15-8-4-5-9-20-15)21-18-13-19-10-11-22(17)18/h1-11,13,16-17H,12H2. The second-order valence-electron chi connectivity index (χ2n) is 5.40. The minimum atomic E-state index is 0.0654. The lowest BCUT2D eigenvalue weighted by Gasteiger charge is -2.37. The molecule has 0 aliphatic carbocycles. The first-order valence-electron chi connectivity index (χ1n) is 7.44. The van der Waals surface area contributed by atoms with Crippen LogP contribution in [0.3, 0.4) is 0 Å². The molecule has 1 aromatic carbocycles. The number of nitrogens with zero attached hydrogens (tertiary/aromatic N) is 4. The van der Waals surface area contributed by atoms with E-state index in [1.54, 1.807) is 0 Å². The molecule has 2 unspecified atom stereocenters. The number of benzene rings is 1. The van der Waals surface area contributed by atoms with Crippen LogP contribution >= 0.6 is 0 Å². The molecule has 0 radical (unpaired) electrons. The SMILES string of the molecule is C1=CN2C(=NC(c3ccccn3)CC2c2ccccc2)C=N1. The Kier molecular flexibility index (Phi) is 3.27. The molecule has 3 heterocycles. The van der Waals surface area contributed by atoms with E-state index in [1.807, 2.05) is 49.1 Å². The molecule has 0 spiro atoms. The minimum Gasteiger partial charge on any atom is -0.323 e. The molecule has 2 atom stereocenters. The fraction of sp³-hybridized carbons (Fsp3) is 0.167. The lowest BCUT2D eigenvalue weighted by molar-refractivity contribution is 0.335. The third kappa shape index (κ3) is 2.33. The van der Waals surface area contributed by atoms with Crippen molar-refractivity contribution in [3.8, 4) is 0 Å². The summed E-state index contributed by atoms with van der Waals surface area (Å²) in [4.78, 5) is 15.7. The number of rotatable bonds is 2. The maximum atomic E-state index is 4.83. The Labute approximate surface area is 129 Å². The van der Waals surface area contributed by atoms with E-state index in [9.17, 15) is 0 Å². The molecule has 22 heavy (non-hydrogen) atoms. The van der Waals surface area contributed by atoms with Crippen LogP contribution in [0.5, 0.6) is 0 Å². The molecule has 0 saturated heterocycles. The first-order valence-corrected chi connectivity index (χ1v) is 7.44. The zero-order valence-electron chi connectivity index (χ0n) is 12.1. The van der Waals surface area contributed by atoms with Gasteiger partial charge in [-0.2, -0.15) is 0 Å². The number of hydrogen-bond donors (Lipinski definition) is 0. The number of aliphatic imine (C=N–C) groups is 2. The van der Waals surface area contributed by atoms with Gasteiger partial charge in [0.15, 0.2) is 0 Å². The Morgan fingerprint density at radius 1 is 1.00 bits per heavy atom. The highest BCUT2D eigenvalue weighted by Gasteiger charge is 2.31. The molecule has 0 N–H and O–H groups in total. The van der Waals surface area contributed by atoms with E-state index in [0.29, 0.717) is 0 Å². The van der Waals surface area contributed by atoms with Gasteiger partial charge in [-0.15, -0.1) is 0 Å². The van der Waals surface area contributed by atoms with Crippen molar-refractivity contribution < 1.29 is 0 Å². The van der Waals surface area contributed by atoms with E-state index < -0.39 is 0 Å². The number of aromatic nitrogens is 1. The van der Waals surface area contributed by atoms with Crippen LogP contribution in [0, 0.1) is 0 Å². The number of amidine groups is 1. The van der Waals surface area contributed by atoms with Crippen LogP contribution < -0.4 is 0 Å². The van der Waals surface area contributed by atoms with Gasteiger partial charge in [-0.05, 0) is 17.7 Å². The summed E-state index contributed by atoms with van der Waals surface area (Å²) in [6, 6.07) is 16.9. The molecule has 0 bridgehead atoms. The monoisotopic (exact) mass is 288 g/mol. The minimum absolute atomic E-state index is 0.0654. The highest BCUT2D eigenvalue weighted by Crippen LogP contribution is 2.37. The first-order chi connectivity index (χ1) is 10.9. The van der Waals surface area contributed by atoms with Crippen LogP contribution in [-0.2, 0) is 0 Å². The predicted molar refractivity (Wildman–Crippen MR) is 87.7 cm³/mol. The van der Waals surface area contributed by atoms with Crippen LogP contribution in [0.2, 0.25) is 0 Å². The van der Waals surface area contributed by atoms with Crippen molar-refractivity contribution in [3.05, 3.63) is 78.4 Å². The highest BCUT2D eigenvalue weighted by atomic mass is 15.2. The number of fused-ring (bicyclic) bond motifs is 1. The van der Waals surface area contributed by atoms with E-state index in [4.69, 9.17) is 4.99 Å². The summed E-state index contributed by atoms with van der Waals surface area (Å²) in [7, 11) is 0. The van der Waals surface area contributed by atoms with Crippen molar-refractivity contribution in [2.45, 2.75) is 18.5 Å². The van der Waals surface area contributed by atoms with Gasteiger partial charge in [0.1, 0.15) is 5.84 Å². The van der Waals surface area contributed by atoms with Gasteiger partial charge in [-0.25, -0.2) is 0 Å². The van der Waals surface area contributed by atoms with Crippen molar-refractivity contribution in [3.63, 3.8) is 0 Å². The quantitative estimate of drug-likeness (QED) is 0.848. The predicted octanol–water partition coefficient (Wildman–Crippen LogP) is 3.52. The van der Waals surface area contributed by atoms with E-state index >= 15 is 0 Å². The third-order valence-electron chi connectivity index (χ3n) is 4.05. The summed E-state index contributed by atoms with van der Waals surface area (Å²) in [6.07, 6.45) is 8.38. The highest BCUT2D eigenvalue weighted by molar-refractivity contribution is 6.30. The van der Waals surface area contributed by atoms with E-state index in [2.05, 4.69) is 39.1 Å². The van der Waals surface area contributed by atoms with Gasteiger partial charge < -0.3 is 4.90 Å². The van der Waals surface area contributed by atoms with E-state index in [0.717, 1.165) is 18.0 Å². The number of hydrogen-bond acceptors (Lipinski definition) is 4. The van der Waals surface area contributed by atoms with Gasteiger partial charge in [0, 0.05) is 25.0 Å². The van der Waals surface area contributed by atoms with Crippen molar-refractivity contribution in [2.24, 2.45) is 9.98 Å². The van der Waals surface area contributed by atoms with Crippen LogP contribution in [0.15, 0.2) is 77.1 Å². The zero-order valence-corrected chi connectivity index (χ0v) is 12.1. The van der Waals surface area contributed by atoms with Crippen LogP contribution in [-0.4, -0.2) is 21.9 Å². The summed E-state index contributed by atoms with van der Waals surface area (Å²) in [5.41, 5.74) is 2.30. The Morgan fingerprint density at radius 2 is 1.86 bits per heavy atom. The fourth-order valence-corrected chi connectivity index (χ4v) is 3.00. The van der Waals surface area contributed by atoms with Gasteiger partial charge in [-0.1, -0.05) is 36.4 Å². The molecule has 0 saturated carbocycles. The molecular weight excluding hydrogens is 272 g/mol. The number of pyridine rings is 1. The normalized spacial score (nSPS) is 23.1. The van der Waals surface area contributed by atoms with Gasteiger partial charge in [0.2, 0.25) is 0 Å². The molecule has 2 aromatic rings. The second-order valence-corrected chi connectivity index (χ2v) is 5.40. The molecule has 2 aliphatic heterocycles. The van der Waals surface area contributed by atoms with Crippen LogP contribution in [0.1, 0.15) is 29.8 Å². The topological polar surface area (TPSA) is 40.9 Å². The summed E-state index contributed by atoms with van der Waals surface area (Å²) in [6.45, 7) is 0. The van der Waals surface area contributed by atoms with Gasteiger partial charge in [0.05, 0.1) is 24.0 Å². The Bertz CT molecular complexity index is 734. The molecular formula is C18H16N4. The van der Waals surface area contributed by atoms with Crippen molar-refractivity contribution in [1.82, 2.24) is 9.88 Å². The molecule has 4 heteroatoms. The van der Waals surface area contributed by atoms with Crippen LogP contribution in [0.25, 0.3) is 0 Å². The average Bonchev–Trinajstić information content (AvgIpc) is 2.62. The summed E-state index contributed by atoms with van der Waals surface area (Å²) in [5, 5.41) is 0. The van der Waals surface area contributed by atoms with E-state index in [-0.39, 0.29) is 12.1 Å². The van der Waals surface area contributed by atoms with Crippen molar-refractivity contribution in [1.29, 1.82) is 0 Å². The van der Waals surface area contributed by atoms with E-state index in [1.165, 1.54) is 5.56 Å². The molecule has 4 nitrogen and oxygen atoms in total. The lowest BCUT2D eigenvalue weighted by atomic mass is 9.94. The molecule has 1 aromatic heterocycles. The maximum Gasteiger partial charge on any atom is 0.147 e. The third-order valence-corrected chi connectivity index (χ3v) is 4.05. The fourth-order valence-electron chi connectivity index (χ4n) is 3.00. The molecule has 0 amide bonds. The Morgan fingerprint density at radius 3 is 2.68 bits per heavy atom. The summed E-state index contributed by atoms with van der Waals surface area (Å²) < 4.78 is 0. The molecule has 4 rings (SSSR count). The van der Waals surface area contributed by atoms with Crippen LogP contribution in [0.4, 0.5) is 0 Å².